The van der Waals surface area contributed by atoms with Gasteiger partial charge in [0.15, 0.2) is 0 Å². The van der Waals surface area contributed by atoms with E-state index in [9.17, 15) is 13.6 Å². The van der Waals surface area contributed by atoms with Gasteiger partial charge in [-0.1, -0.05) is 0 Å². The Morgan fingerprint density at radius 1 is 1.40 bits per heavy atom. The number of benzene rings is 1. The summed E-state index contributed by atoms with van der Waals surface area (Å²) in [7, 11) is 0. The fraction of sp³-hybridized carbons (Fsp3) is 0.231. The average molecular weight is 281 g/mol. The van der Waals surface area contributed by atoms with Crippen LogP contribution >= 0.6 is 0 Å². The molecule has 0 radical (unpaired) electrons. The van der Waals surface area contributed by atoms with Crippen LogP contribution in [0.5, 0.6) is 0 Å². The van der Waals surface area contributed by atoms with E-state index in [1.54, 1.807) is 10.9 Å². The predicted molar refractivity (Wildman–Crippen MR) is 67.8 cm³/mol. The van der Waals surface area contributed by atoms with Crippen LogP contribution in [0.25, 0.3) is 0 Å². The summed E-state index contributed by atoms with van der Waals surface area (Å²) < 4.78 is 33.3. The molecule has 0 fully saturated rings. The number of aromatic nitrogens is 2. The number of nitrogen functional groups attached to an aromatic ring is 1. The van der Waals surface area contributed by atoms with Crippen LogP contribution in [0.3, 0.4) is 0 Å². The van der Waals surface area contributed by atoms with Gasteiger partial charge in [0.1, 0.15) is 18.2 Å². The molecule has 5 nitrogen and oxygen atoms in total. The van der Waals surface area contributed by atoms with Crippen LogP contribution in [-0.2, 0) is 17.9 Å². The molecule has 0 saturated heterocycles. The number of nitrogens with zero attached hydrogens (tertiary/aromatic N) is 2. The molecule has 2 rings (SSSR count). The van der Waals surface area contributed by atoms with Gasteiger partial charge in [-0.15, -0.1) is 0 Å². The predicted octanol–water partition coefficient (Wildman–Crippen LogP) is 2.12. The number of esters is 1. The molecule has 7 heteroatoms. The fourth-order valence-electron chi connectivity index (χ4n) is 1.60. The lowest BCUT2D eigenvalue weighted by molar-refractivity contribution is 0.0466. The van der Waals surface area contributed by atoms with Crippen LogP contribution in [0.4, 0.5) is 14.5 Å². The molecular weight excluding hydrogens is 268 g/mol. The van der Waals surface area contributed by atoms with Crippen LogP contribution in [-0.4, -0.2) is 15.7 Å². The molecule has 0 unspecified atom stereocenters. The molecule has 0 aliphatic carbocycles. The topological polar surface area (TPSA) is 70.1 Å². The molecule has 2 aromatic rings. The summed E-state index contributed by atoms with van der Waals surface area (Å²) in [4.78, 5) is 11.7. The minimum atomic E-state index is -0.953. The van der Waals surface area contributed by atoms with Crippen molar-refractivity contribution >= 4 is 11.7 Å². The third-order valence-corrected chi connectivity index (χ3v) is 2.69. The van der Waals surface area contributed by atoms with Crippen molar-refractivity contribution in [1.29, 1.82) is 0 Å². The fourth-order valence-corrected chi connectivity index (χ4v) is 1.60. The molecule has 0 saturated carbocycles. The highest BCUT2D eigenvalue weighted by molar-refractivity contribution is 5.90. The van der Waals surface area contributed by atoms with E-state index >= 15 is 0 Å². The smallest absolute Gasteiger partial charge is 0.341 e. The Morgan fingerprint density at radius 2 is 2.15 bits per heavy atom. The number of hydrogen-bond donors (Lipinski definition) is 1. The molecule has 0 spiro atoms. The van der Waals surface area contributed by atoms with Gasteiger partial charge in [0.2, 0.25) is 0 Å². The minimum Gasteiger partial charge on any atom is -0.457 e. The first kappa shape index (κ1) is 14.0. The number of ether oxygens (including phenoxy) is 1. The zero-order valence-electron chi connectivity index (χ0n) is 10.8. The Balaban J connectivity index is 2.07. The van der Waals surface area contributed by atoms with Crippen molar-refractivity contribution in [1.82, 2.24) is 9.78 Å². The molecule has 20 heavy (non-hydrogen) atoms. The molecule has 0 aliphatic heterocycles. The highest BCUT2D eigenvalue weighted by Gasteiger charge is 2.16. The van der Waals surface area contributed by atoms with Gasteiger partial charge in [-0.3, -0.25) is 4.68 Å². The molecular formula is C13H13F2N3O2. The van der Waals surface area contributed by atoms with E-state index in [1.807, 2.05) is 6.92 Å². The van der Waals surface area contributed by atoms with Crippen molar-refractivity contribution in [3.8, 4) is 0 Å². The number of rotatable bonds is 4. The number of nitrogens with two attached hydrogens (primary N) is 1. The second kappa shape index (κ2) is 5.68. The molecule has 1 aromatic heterocycles. The zero-order chi connectivity index (χ0) is 14.7. The normalized spacial score (nSPS) is 10.6. The molecule has 0 amide bonds. The number of aryl methyl sites for hydroxylation is 1. The third-order valence-electron chi connectivity index (χ3n) is 2.69. The highest BCUT2D eigenvalue weighted by atomic mass is 19.1. The Morgan fingerprint density at radius 3 is 2.80 bits per heavy atom. The van der Waals surface area contributed by atoms with Gasteiger partial charge in [0, 0.05) is 24.4 Å². The van der Waals surface area contributed by atoms with Crippen molar-refractivity contribution in [3.63, 3.8) is 0 Å². The lowest BCUT2D eigenvalue weighted by Crippen LogP contribution is -2.09. The van der Waals surface area contributed by atoms with Gasteiger partial charge in [0.25, 0.3) is 0 Å². The lowest BCUT2D eigenvalue weighted by Gasteiger charge is -2.05. The van der Waals surface area contributed by atoms with Gasteiger partial charge in [-0.25, -0.2) is 13.6 Å². The van der Waals surface area contributed by atoms with Crippen LogP contribution in [0, 0.1) is 11.6 Å². The Kier molecular flexibility index (Phi) is 3.97. The van der Waals surface area contributed by atoms with E-state index < -0.39 is 23.2 Å². The van der Waals surface area contributed by atoms with Crippen LogP contribution in [0.2, 0.25) is 0 Å². The average Bonchev–Trinajstić information content (AvgIpc) is 2.88. The first-order valence-corrected chi connectivity index (χ1v) is 5.94. The molecule has 0 bridgehead atoms. The third kappa shape index (κ3) is 2.93. The maximum absolute atomic E-state index is 13.5. The number of hydrogen-bond acceptors (Lipinski definition) is 4. The van der Waals surface area contributed by atoms with Gasteiger partial charge in [0.05, 0.1) is 17.4 Å². The number of carbonyl (C=O) groups excluding carboxylic acids is 1. The second-order valence-corrected chi connectivity index (χ2v) is 4.13. The summed E-state index contributed by atoms with van der Waals surface area (Å²) in [6.07, 6.45) is 3.24. The monoisotopic (exact) mass is 281 g/mol. The van der Waals surface area contributed by atoms with Gasteiger partial charge in [-0.2, -0.15) is 5.10 Å². The number of halogens is 2. The number of carbonyl (C=O) groups is 1. The van der Waals surface area contributed by atoms with E-state index in [4.69, 9.17) is 10.5 Å². The van der Waals surface area contributed by atoms with Crippen molar-refractivity contribution in [3.05, 3.63) is 47.3 Å². The molecule has 0 atom stereocenters. The first-order valence-electron chi connectivity index (χ1n) is 5.94. The summed E-state index contributed by atoms with van der Waals surface area (Å²) in [6.45, 7) is 2.53. The Hall–Kier alpha value is -2.44. The molecule has 106 valence electrons. The number of anilines is 1. The summed E-state index contributed by atoms with van der Waals surface area (Å²) >= 11 is 0. The van der Waals surface area contributed by atoms with Crippen molar-refractivity contribution < 1.29 is 18.3 Å². The molecule has 2 N–H and O–H groups in total. The highest BCUT2D eigenvalue weighted by Crippen LogP contribution is 2.17. The van der Waals surface area contributed by atoms with Gasteiger partial charge >= 0.3 is 5.97 Å². The Labute approximate surface area is 114 Å². The maximum atomic E-state index is 13.5. The zero-order valence-corrected chi connectivity index (χ0v) is 10.8. The van der Waals surface area contributed by atoms with Crippen molar-refractivity contribution in [2.24, 2.45) is 0 Å². The molecule has 1 heterocycles. The SMILES string of the molecule is CCn1cc(COC(=O)c2cc(F)c(N)cc2F)cn1. The van der Waals surface area contributed by atoms with Crippen LogP contribution in [0.1, 0.15) is 22.8 Å². The van der Waals surface area contributed by atoms with Crippen molar-refractivity contribution in [2.75, 3.05) is 5.73 Å². The maximum Gasteiger partial charge on any atom is 0.341 e. The second-order valence-electron chi connectivity index (χ2n) is 4.13. The van der Waals surface area contributed by atoms with E-state index in [-0.39, 0.29) is 12.3 Å². The van der Waals surface area contributed by atoms with Crippen LogP contribution < -0.4 is 5.73 Å². The Bertz CT molecular complexity index is 641. The summed E-state index contributed by atoms with van der Waals surface area (Å²) in [5, 5.41) is 4.00. The van der Waals surface area contributed by atoms with Gasteiger partial charge < -0.3 is 10.5 Å². The van der Waals surface area contributed by atoms with Crippen molar-refractivity contribution in [2.45, 2.75) is 20.1 Å². The lowest BCUT2D eigenvalue weighted by atomic mass is 10.2. The summed E-state index contributed by atoms with van der Waals surface area (Å²) in [5.41, 5.74) is 5.01. The largest absolute Gasteiger partial charge is 0.457 e. The van der Waals surface area contributed by atoms with E-state index in [0.717, 1.165) is 12.1 Å². The minimum absolute atomic E-state index is 0.0652. The van der Waals surface area contributed by atoms with E-state index in [0.29, 0.717) is 12.1 Å². The standard InChI is InChI=1S/C13H13F2N3O2/c1-2-18-6-8(5-17-18)7-20-13(19)9-3-11(15)12(16)4-10(9)14/h3-6H,2,7,16H2,1H3. The molecule has 1 aromatic carbocycles. The van der Waals surface area contributed by atoms with Gasteiger partial charge in [-0.05, 0) is 13.0 Å². The molecule has 0 aliphatic rings. The summed E-state index contributed by atoms with van der Waals surface area (Å²) in [6, 6.07) is 1.48. The van der Waals surface area contributed by atoms with E-state index in [2.05, 4.69) is 5.10 Å². The summed E-state index contributed by atoms with van der Waals surface area (Å²) in [5.74, 6) is -2.74. The quantitative estimate of drug-likeness (QED) is 0.688. The first-order chi connectivity index (χ1) is 9.51. The van der Waals surface area contributed by atoms with Crippen LogP contribution in [0.15, 0.2) is 24.5 Å². The van der Waals surface area contributed by atoms with E-state index in [1.165, 1.54) is 6.20 Å².